The number of phenols is 1. The smallest absolute Gasteiger partial charge is 0.346 e. The number of benzene rings is 1. The molecule has 2 aromatic rings. The van der Waals surface area contributed by atoms with Crippen LogP contribution in [-0.2, 0) is 17.7 Å². The zero-order valence-corrected chi connectivity index (χ0v) is 13.7. The summed E-state index contributed by atoms with van der Waals surface area (Å²) >= 11 is 12.3. The van der Waals surface area contributed by atoms with Gasteiger partial charge < -0.3 is 9.84 Å². The number of fused-ring (bicyclic) bond motifs is 1. The van der Waals surface area contributed by atoms with Crippen LogP contribution in [0.2, 0.25) is 10.0 Å². The lowest BCUT2D eigenvalue weighted by atomic mass is 9.96. The third-order valence-corrected chi connectivity index (χ3v) is 5.38. The van der Waals surface area contributed by atoms with E-state index in [1.54, 1.807) is 10.6 Å². The number of aromatic hydroxyl groups is 1. The second-order valence-electron chi connectivity index (χ2n) is 5.97. The van der Waals surface area contributed by atoms with E-state index in [9.17, 15) is 9.90 Å². The molecule has 6 nitrogen and oxygen atoms in total. The Bertz CT molecular complexity index is 824. The number of phenolic OH excluding ortho intramolecular Hbond substituents is 1. The highest BCUT2D eigenvalue weighted by Gasteiger charge is 2.33. The van der Waals surface area contributed by atoms with Crippen LogP contribution in [0, 0.1) is 0 Å². The Balaban J connectivity index is 1.67. The van der Waals surface area contributed by atoms with Crippen molar-refractivity contribution in [2.75, 3.05) is 13.2 Å². The maximum absolute atomic E-state index is 12.5. The maximum atomic E-state index is 12.5. The number of rotatable bonds is 2. The summed E-state index contributed by atoms with van der Waals surface area (Å²) in [6, 6.07) is 3.10. The van der Waals surface area contributed by atoms with Crippen molar-refractivity contribution < 1.29 is 9.84 Å². The first-order valence-electron chi connectivity index (χ1n) is 7.49. The summed E-state index contributed by atoms with van der Waals surface area (Å²) in [6.45, 7) is 1.63. The van der Waals surface area contributed by atoms with Crippen LogP contribution in [0.15, 0.2) is 16.9 Å². The fraction of sp³-hybridized carbons (Fsp3) is 0.467. The van der Waals surface area contributed by atoms with Gasteiger partial charge in [0, 0.05) is 31.1 Å². The van der Waals surface area contributed by atoms with E-state index in [2.05, 4.69) is 5.10 Å². The minimum Gasteiger partial charge on any atom is -0.508 e. The normalized spacial score (nSPS) is 23.4. The predicted molar refractivity (Wildman–Crippen MR) is 85.5 cm³/mol. The number of nitrogens with zero attached hydrogens (tertiary/aromatic N) is 3. The summed E-state index contributed by atoms with van der Waals surface area (Å²) in [5.74, 6) is 0.702. The van der Waals surface area contributed by atoms with Crippen molar-refractivity contribution in [3.8, 4) is 5.75 Å². The molecule has 1 saturated heterocycles. The lowest BCUT2D eigenvalue weighted by Crippen LogP contribution is -2.29. The number of hydrogen-bond acceptors (Lipinski definition) is 4. The fourth-order valence-corrected chi connectivity index (χ4v) is 3.86. The standard InChI is InChI=1S/C15H15Cl2N3O3/c16-10-1-2-11(21)13(14(10)17)8-5-12-18-20(9-3-4-23-7-9)15(22)19(12)6-8/h1-2,8-9,21H,3-7H2/t8-,9-/m1/s1. The molecule has 1 fully saturated rings. The van der Waals surface area contributed by atoms with Crippen LogP contribution in [0.3, 0.4) is 0 Å². The zero-order valence-electron chi connectivity index (χ0n) is 12.2. The molecular weight excluding hydrogens is 341 g/mol. The van der Waals surface area contributed by atoms with Gasteiger partial charge in [0.1, 0.15) is 11.6 Å². The molecule has 4 rings (SSSR count). The predicted octanol–water partition coefficient (Wildman–Crippen LogP) is 2.36. The van der Waals surface area contributed by atoms with Crippen molar-refractivity contribution in [2.45, 2.75) is 31.3 Å². The van der Waals surface area contributed by atoms with E-state index in [0.717, 1.165) is 6.42 Å². The molecule has 1 N–H and O–H groups in total. The summed E-state index contributed by atoms with van der Waals surface area (Å²) in [7, 11) is 0. The van der Waals surface area contributed by atoms with Crippen molar-refractivity contribution in [1.82, 2.24) is 14.3 Å². The van der Waals surface area contributed by atoms with Crippen molar-refractivity contribution in [1.29, 1.82) is 0 Å². The molecule has 0 radical (unpaired) electrons. The molecule has 0 unspecified atom stereocenters. The second kappa shape index (κ2) is 5.54. The highest BCUT2D eigenvalue weighted by atomic mass is 35.5. The first-order valence-corrected chi connectivity index (χ1v) is 8.24. The number of halogens is 2. The van der Waals surface area contributed by atoms with E-state index < -0.39 is 0 Å². The van der Waals surface area contributed by atoms with Gasteiger partial charge in [-0.1, -0.05) is 23.2 Å². The zero-order chi connectivity index (χ0) is 16.1. The summed E-state index contributed by atoms with van der Waals surface area (Å²) in [6.07, 6.45) is 1.35. The largest absolute Gasteiger partial charge is 0.508 e. The second-order valence-corrected chi connectivity index (χ2v) is 6.75. The topological polar surface area (TPSA) is 69.3 Å². The highest BCUT2D eigenvalue weighted by Crippen LogP contribution is 2.41. The average Bonchev–Trinajstić information content (AvgIpc) is 3.22. The van der Waals surface area contributed by atoms with E-state index in [-0.39, 0.29) is 23.4 Å². The molecule has 1 aromatic heterocycles. The summed E-state index contributed by atoms with van der Waals surface area (Å²) in [5.41, 5.74) is 0.454. The fourth-order valence-electron chi connectivity index (χ4n) is 3.39. The molecule has 1 aromatic carbocycles. The summed E-state index contributed by atoms with van der Waals surface area (Å²) < 4.78 is 8.51. The molecule has 0 spiro atoms. The van der Waals surface area contributed by atoms with Crippen LogP contribution in [0.5, 0.6) is 5.75 Å². The van der Waals surface area contributed by atoms with E-state index in [0.29, 0.717) is 47.6 Å². The van der Waals surface area contributed by atoms with E-state index in [1.165, 1.54) is 10.7 Å². The molecule has 0 bridgehead atoms. The lowest BCUT2D eigenvalue weighted by molar-refractivity contribution is 0.183. The Morgan fingerprint density at radius 3 is 2.87 bits per heavy atom. The van der Waals surface area contributed by atoms with Crippen LogP contribution in [-0.4, -0.2) is 32.7 Å². The van der Waals surface area contributed by atoms with Gasteiger partial charge in [-0.3, -0.25) is 4.57 Å². The highest BCUT2D eigenvalue weighted by molar-refractivity contribution is 6.42. The number of hydrogen-bond donors (Lipinski definition) is 1. The van der Waals surface area contributed by atoms with Crippen LogP contribution in [0.4, 0.5) is 0 Å². The molecule has 0 saturated carbocycles. The molecule has 2 atom stereocenters. The van der Waals surface area contributed by atoms with Crippen LogP contribution >= 0.6 is 23.2 Å². The molecule has 0 aliphatic carbocycles. The Labute approximate surface area is 142 Å². The molecule has 2 aliphatic heterocycles. The van der Waals surface area contributed by atoms with Crippen molar-refractivity contribution in [3.63, 3.8) is 0 Å². The quantitative estimate of drug-likeness (QED) is 0.897. The van der Waals surface area contributed by atoms with Gasteiger partial charge in [-0.2, -0.15) is 5.10 Å². The SMILES string of the molecule is O=c1n([C@@H]2CCOC2)nc2n1C[C@H](c1c(O)ccc(Cl)c1Cl)C2. The first-order chi connectivity index (χ1) is 11.1. The third kappa shape index (κ3) is 2.36. The van der Waals surface area contributed by atoms with E-state index in [4.69, 9.17) is 27.9 Å². The van der Waals surface area contributed by atoms with Gasteiger partial charge in [0.05, 0.1) is 22.7 Å². The van der Waals surface area contributed by atoms with Gasteiger partial charge in [-0.25, -0.2) is 9.48 Å². The summed E-state index contributed by atoms with van der Waals surface area (Å²) in [5, 5.41) is 15.3. The van der Waals surface area contributed by atoms with Gasteiger partial charge in [-0.15, -0.1) is 0 Å². The van der Waals surface area contributed by atoms with Crippen LogP contribution in [0.1, 0.15) is 29.8 Å². The Hall–Kier alpha value is -1.50. The average molecular weight is 356 g/mol. The van der Waals surface area contributed by atoms with Gasteiger partial charge in [0.2, 0.25) is 0 Å². The van der Waals surface area contributed by atoms with Crippen molar-refractivity contribution in [3.05, 3.63) is 44.1 Å². The molecular formula is C15H15Cl2N3O3. The Kier molecular flexibility index (Phi) is 3.63. The van der Waals surface area contributed by atoms with Crippen molar-refractivity contribution in [2.24, 2.45) is 0 Å². The number of aromatic nitrogens is 3. The van der Waals surface area contributed by atoms with Gasteiger partial charge in [-0.05, 0) is 18.6 Å². The molecule has 23 heavy (non-hydrogen) atoms. The van der Waals surface area contributed by atoms with Gasteiger partial charge in [0.25, 0.3) is 0 Å². The third-order valence-electron chi connectivity index (χ3n) is 4.56. The Morgan fingerprint density at radius 2 is 2.17 bits per heavy atom. The van der Waals surface area contributed by atoms with Crippen molar-refractivity contribution >= 4 is 23.2 Å². The van der Waals surface area contributed by atoms with Crippen LogP contribution < -0.4 is 5.69 Å². The number of ether oxygens (including phenoxy) is 1. The molecule has 2 aliphatic rings. The summed E-state index contributed by atoms with van der Waals surface area (Å²) in [4.78, 5) is 12.5. The minimum atomic E-state index is -0.129. The molecule has 122 valence electrons. The maximum Gasteiger partial charge on any atom is 0.346 e. The Morgan fingerprint density at radius 1 is 1.35 bits per heavy atom. The molecule has 8 heteroatoms. The van der Waals surface area contributed by atoms with E-state index >= 15 is 0 Å². The van der Waals surface area contributed by atoms with Crippen LogP contribution in [0.25, 0.3) is 0 Å². The molecule has 3 heterocycles. The van der Waals surface area contributed by atoms with E-state index in [1.807, 2.05) is 0 Å². The van der Waals surface area contributed by atoms with Gasteiger partial charge in [0.15, 0.2) is 0 Å². The molecule has 0 amide bonds. The lowest BCUT2D eigenvalue weighted by Gasteiger charge is -2.15. The minimum absolute atomic E-state index is 0.0159. The first kappa shape index (κ1) is 15.1. The van der Waals surface area contributed by atoms with Gasteiger partial charge >= 0.3 is 5.69 Å². The monoisotopic (exact) mass is 355 g/mol.